The van der Waals surface area contributed by atoms with Crippen LogP contribution in [0.25, 0.3) is 0 Å². The molecule has 0 aliphatic carbocycles. The van der Waals surface area contributed by atoms with Crippen LogP contribution in [0.15, 0.2) is 41.0 Å². The zero-order valence-corrected chi connectivity index (χ0v) is 10.8. The smallest absolute Gasteiger partial charge is 0.287 e. The molecule has 0 radical (unpaired) electrons. The van der Waals surface area contributed by atoms with E-state index in [1.807, 2.05) is 6.07 Å². The Kier molecular flexibility index (Phi) is 4.07. The van der Waals surface area contributed by atoms with E-state index < -0.39 is 0 Å². The topological polar surface area (TPSA) is 60.7 Å². The van der Waals surface area contributed by atoms with Crippen LogP contribution in [-0.2, 0) is 6.54 Å². The van der Waals surface area contributed by atoms with Gasteiger partial charge in [0.1, 0.15) is 11.5 Å². The molecule has 1 N–H and O–H groups in total. The predicted octanol–water partition coefficient (Wildman–Crippen LogP) is 2.23. The first-order valence-electron chi connectivity index (χ1n) is 5.77. The zero-order valence-electron chi connectivity index (χ0n) is 10.8. The largest absolute Gasteiger partial charge is 0.497 e. The molecule has 0 fully saturated rings. The maximum atomic E-state index is 11.8. The van der Waals surface area contributed by atoms with Gasteiger partial charge < -0.3 is 19.2 Å². The lowest BCUT2D eigenvalue weighted by Gasteiger charge is -2.10. The van der Waals surface area contributed by atoms with Gasteiger partial charge in [0.05, 0.1) is 20.5 Å². The van der Waals surface area contributed by atoms with Crippen LogP contribution in [0.3, 0.4) is 0 Å². The van der Waals surface area contributed by atoms with E-state index >= 15 is 0 Å². The number of hydrogen-bond acceptors (Lipinski definition) is 4. The summed E-state index contributed by atoms with van der Waals surface area (Å²) < 4.78 is 15.4. The number of carbonyl (C=O) groups is 1. The molecule has 0 bridgehead atoms. The maximum absolute atomic E-state index is 11.8. The molecule has 1 heterocycles. The second-order valence-electron chi connectivity index (χ2n) is 3.84. The Morgan fingerprint density at radius 3 is 2.74 bits per heavy atom. The molecule has 1 aromatic carbocycles. The van der Waals surface area contributed by atoms with E-state index in [9.17, 15) is 4.79 Å². The van der Waals surface area contributed by atoms with Gasteiger partial charge in [-0.1, -0.05) is 0 Å². The summed E-state index contributed by atoms with van der Waals surface area (Å²) in [5.74, 6) is 1.42. The normalized spacial score (nSPS) is 10.0. The first-order chi connectivity index (χ1) is 9.24. The Morgan fingerprint density at radius 1 is 1.26 bits per heavy atom. The number of hydrogen-bond donors (Lipinski definition) is 1. The van der Waals surface area contributed by atoms with Gasteiger partial charge in [0.15, 0.2) is 5.76 Å². The third kappa shape index (κ3) is 3.07. The number of methoxy groups -OCH3 is 2. The highest BCUT2D eigenvalue weighted by atomic mass is 16.5. The van der Waals surface area contributed by atoms with Gasteiger partial charge in [-0.15, -0.1) is 0 Å². The summed E-state index contributed by atoms with van der Waals surface area (Å²) in [5.41, 5.74) is 0.835. The number of furan rings is 1. The fourth-order valence-electron chi connectivity index (χ4n) is 1.69. The minimum absolute atomic E-state index is 0.269. The number of rotatable bonds is 5. The standard InChI is InChI=1S/C14H15NO4/c1-17-11-5-6-12(18-2)10(8-11)9-15-14(16)13-4-3-7-19-13/h3-8H,9H2,1-2H3,(H,15,16). The van der Waals surface area contributed by atoms with Crippen LogP contribution in [0.4, 0.5) is 0 Å². The first kappa shape index (κ1) is 13.0. The van der Waals surface area contributed by atoms with Crippen molar-refractivity contribution in [3.8, 4) is 11.5 Å². The van der Waals surface area contributed by atoms with Gasteiger partial charge in [0, 0.05) is 12.1 Å². The van der Waals surface area contributed by atoms with Crippen molar-refractivity contribution in [3.63, 3.8) is 0 Å². The van der Waals surface area contributed by atoms with Gasteiger partial charge in [-0.25, -0.2) is 0 Å². The van der Waals surface area contributed by atoms with E-state index in [4.69, 9.17) is 13.9 Å². The van der Waals surface area contributed by atoms with E-state index in [2.05, 4.69) is 5.32 Å². The highest BCUT2D eigenvalue weighted by Gasteiger charge is 2.10. The third-order valence-corrected chi connectivity index (χ3v) is 2.67. The average Bonchev–Trinajstić information content (AvgIpc) is 2.98. The second-order valence-corrected chi connectivity index (χ2v) is 3.84. The lowest BCUT2D eigenvalue weighted by Crippen LogP contribution is -2.22. The van der Waals surface area contributed by atoms with Gasteiger partial charge >= 0.3 is 0 Å². The number of carbonyl (C=O) groups excluding carboxylic acids is 1. The van der Waals surface area contributed by atoms with E-state index in [0.717, 1.165) is 5.56 Å². The Bertz CT molecular complexity index is 549. The molecule has 0 spiro atoms. The van der Waals surface area contributed by atoms with Gasteiger partial charge in [-0.3, -0.25) is 4.79 Å². The van der Waals surface area contributed by atoms with Gasteiger partial charge in [0.2, 0.25) is 0 Å². The monoisotopic (exact) mass is 261 g/mol. The van der Waals surface area contributed by atoms with Gasteiger partial charge in [-0.2, -0.15) is 0 Å². The molecule has 1 amide bonds. The Labute approximate surface area is 111 Å². The molecule has 0 saturated carbocycles. The molecular weight excluding hydrogens is 246 g/mol. The SMILES string of the molecule is COc1ccc(OC)c(CNC(=O)c2ccco2)c1. The van der Waals surface area contributed by atoms with Crippen LogP contribution in [-0.4, -0.2) is 20.1 Å². The summed E-state index contributed by atoms with van der Waals surface area (Å²) in [6.45, 7) is 0.333. The molecular formula is C14H15NO4. The molecule has 0 aliphatic rings. The van der Waals surface area contributed by atoms with Crippen LogP contribution in [0.5, 0.6) is 11.5 Å². The van der Waals surface area contributed by atoms with Crippen LogP contribution >= 0.6 is 0 Å². The van der Waals surface area contributed by atoms with E-state index in [1.54, 1.807) is 38.5 Å². The summed E-state index contributed by atoms with van der Waals surface area (Å²) in [4.78, 5) is 11.8. The van der Waals surface area contributed by atoms with E-state index in [1.165, 1.54) is 6.26 Å². The van der Waals surface area contributed by atoms with E-state index in [-0.39, 0.29) is 11.7 Å². The van der Waals surface area contributed by atoms with Gasteiger partial charge in [-0.05, 0) is 30.3 Å². The molecule has 2 aromatic rings. The minimum Gasteiger partial charge on any atom is -0.497 e. The Morgan fingerprint density at radius 2 is 2.11 bits per heavy atom. The highest BCUT2D eigenvalue weighted by Crippen LogP contribution is 2.23. The number of benzene rings is 1. The summed E-state index contributed by atoms with van der Waals surface area (Å²) in [7, 11) is 3.17. The molecule has 5 heteroatoms. The average molecular weight is 261 g/mol. The van der Waals surface area contributed by atoms with E-state index in [0.29, 0.717) is 18.0 Å². The van der Waals surface area contributed by atoms with Crippen molar-refractivity contribution >= 4 is 5.91 Å². The Hall–Kier alpha value is -2.43. The lowest BCUT2D eigenvalue weighted by atomic mass is 10.2. The van der Waals surface area contributed by atoms with Gasteiger partial charge in [0.25, 0.3) is 5.91 Å². The molecule has 5 nitrogen and oxygen atoms in total. The van der Waals surface area contributed by atoms with Crippen molar-refractivity contribution in [3.05, 3.63) is 47.9 Å². The van der Waals surface area contributed by atoms with Crippen molar-refractivity contribution in [2.75, 3.05) is 14.2 Å². The van der Waals surface area contributed by atoms with Crippen molar-refractivity contribution in [2.24, 2.45) is 0 Å². The van der Waals surface area contributed by atoms with Crippen molar-refractivity contribution in [1.29, 1.82) is 0 Å². The number of amides is 1. The summed E-state index contributed by atoms with van der Waals surface area (Å²) in [6, 6.07) is 8.70. The zero-order chi connectivity index (χ0) is 13.7. The fraction of sp³-hybridized carbons (Fsp3) is 0.214. The third-order valence-electron chi connectivity index (χ3n) is 2.67. The van der Waals surface area contributed by atoms with Crippen molar-refractivity contribution < 1.29 is 18.7 Å². The number of nitrogens with one attached hydrogen (secondary N) is 1. The molecule has 0 unspecified atom stereocenters. The maximum Gasteiger partial charge on any atom is 0.287 e. The number of ether oxygens (including phenoxy) is 2. The minimum atomic E-state index is -0.269. The Balaban J connectivity index is 2.08. The fourth-order valence-corrected chi connectivity index (χ4v) is 1.69. The summed E-state index contributed by atoms with van der Waals surface area (Å²) in [5, 5.41) is 2.76. The molecule has 1 aromatic heterocycles. The van der Waals surface area contributed by atoms with Crippen LogP contribution in [0.1, 0.15) is 16.1 Å². The second kappa shape index (κ2) is 5.95. The van der Waals surface area contributed by atoms with Crippen molar-refractivity contribution in [1.82, 2.24) is 5.32 Å². The summed E-state index contributed by atoms with van der Waals surface area (Å²) >= 11 is 0. The van der Waals surface area contributed by atoms with Crippen LogP contribution in [0.2, 0.25) is 0 Å². The summed E-state index contributed by atoms with van der Waals surface area (Å²) in [6.07, 6.45) is 1.46. The molecule has 0 saturated heterocycles. The molecule has 2 rings (SSSR count). The molecule has 0 atom stereocenters. The molecule has 100 valence electrons. The predicted molar refractivity (Wildman–Crippen MR) is 69.4 cm³/mol. The quantitative estimate of drug-likeness (QED) is 0.896. The van der Waals surface area contributed by atoms with Crippen molar-refractivity contribution in [2.45, 2.75) is 6.54 Å². The molecule has 0 aliphatic heterocycles. The lowest BCUT2D eigenvalue weighted by molar-refractivity contribution is 0.0923. The molecule has 19 heavy (non-hydrogen) atoms. The van der Waals surface area contributed by atoms with Crippen LogP contribution < -0.4 is 14.8 Å². The highest BCUT2D eigenvalue weighted by molar-refractivity contribution is 5.91. The first-order valence-corrected chi connectivity index (χ1v) is 5.77. The van der Waals surface area contributed by atoms with Crippen LogP contribution in [0, 0.1) is 0 Å².